The number of H-pyrrole nitrogens is 1. The first kappa shape index (κ1) is 20.1. The van der Waals surface area contributed by atoms with Crippen molar-refractivity contribution in [3.05, 3.63) is 70.3 Å². The Morgan fingerprint density at radius 2 is 2.11 bits per heavy atom. The minimum absolute atomic E-state index is 0.0801. The van der Waals surface area contributed by atoms with Crippen molar-refractivity contribution >= 4 is 15.4 Å². The number of nitriles is 1. The van der Waals surface area contributed by atoms with Gasteiger partial charge in [-0.15, -0.1) is 0 Å². The molecule has 0 aliphatic carbocycles. The highest BCUT2D eigenvalue weighted by atomic mass is 32.2. The zero-order chi connectivity index (χ0) is 20.2. The number of allylic oxidation sites excluding steroid dienone is 5. The van der Waals surface area contributed by atoms with Gasteiger partial charge in [0.25, 0.3) is 5.56 Å². The molecule has 0 aromatic carbocycles. The van der Waals surface area contributed by atoms with Crippen LogP contribution in [0, 0.1) is 11.3 Å². The summed E-state index contributed by atoms with van der Waals surface area (Å²) in [5, 5.41) is 12.0. The number of nitrogens with one attached hydrogen (secondary N) is 1. The van der Waals surface area contributed by atoms with Crippen LogP contribution in [0.3, 0.4) is 0 Å². The Morgan fingerprint density at radius 1 is 1.41 bits per heavy atom. The predicted octanol–water partition coefficient (Wildman–Crippen LogP) is 2.57. The molecule has 0 spiro atoms. The molecule has 2 aromatic heterocycles. The fourth-order valence-electron chi connectivity index (χ4n) is 2.48. The molecule has 0 saturated heterocycles. The zero-order valence-corrected chi connectivity index (χ0v) is 16.2. The fourth-order valence-corrected chi connectivity index (χ4v) is 3.04. The Balaban J connectivity index is 2.56. The third-order valence-corrected chi connectivity index (χ3v) is 5.05. The molecule has 140 valence electrons. The first-order chi connectivity index (χ1) is 12.7. The molecule has 27 heavy (non-hydrogen) atoms. The van der Waals surface area contributed by atoms with Gasteiger partial charge < -0.3 is 0 Å². The Labute approximate surface area is 157 Å². The van der Waals surface area contributed by atoms with Crippen molar-refractivity contribution in [2.75, 3.05) is 6.26 Å². The summed E-state index contributed by atoms with van der Waals surface area (Å²) < 4.78 is 24.4. The van der Waals surface area contributed by atoms with Crippen molar-refractivity contribution in [2.24, 2.45) is 0 Å². The molecular formula is C19H20N4O3S. The monoisotopic (exact) mass is 384 g/mol. The lowest BCUT2D eigenvalue weighted by atomic mass is 10.1. The third-order valence-electron chi connectivity index (χ3n) is 3.95. The van der Waals surface area contributed by atoms with Crippen LogP contribution in [0.4, 0.5) is 0 Å². The number of pyridine rings is 1. The van der Waals surface area contributed by atoms with Crippen molar-refractivity contribution in [3.8, 4) is 11.9 Å². The SMILES string of the molecule is C=C/C(C#N)=C\C=C(/C)c1c(CC)[nH]n(-c2ccc(S(C)(=O)=O)cn2)c1=O. The summed E-state index contributed by atoms with van der Waals surface area (Å²) >= 11 is 0. The van der Waals surface area contributed by atoms with Gasteiger partial charge in [0.2, 0.25) is 0 Å². The van der Waals surface area contributed by atoms with E-state index in [9.17, 15) is 13.2 Å². The van der Waals surface area contributed by atoms with Gasteiger partial charge in [-0.1, -0.05) is 25.7 Å². The highest BCUT2D eigenvalue weighted by Gasteiger charge is 2.16. The minimum Gasteiger partial charge on any atom is -0.293 e. The van der Waals surface area contributed by atoms with E-state index >= 15 is 0 Å². The summed E-state index contributed by atoms with van der Waals surface area (Å²) in [5.41, 5.74) is 1.98. The Hall–Kier alpha value is -3.18. The first-order valence-corrected chi connectivity index (χ1v) is 10.0. The van der Waals surface area contributed by atoms with E-state index in [-0.39, 0.29) is 10.5 Å². The maximum absolute atomic E-state index is 12.9. The van der Waals surface area contributed by atoms with E-state index in [1.54, 1.807) is 19.1 Å². The second-order valence-electron chi connectivity index (χ2n) is 5.87. The number of sulfone groups is 1. The number of aryl methyl sites for hydroxylation is 1. The molecule has 0 aliphatic heterocycles. The maximum atomic E-state index is 12.9. The average molecular weight is 384 g/mol. The summed E-state index contributed by atoms with van der Waals surface area (Å²) in [5.74, 6) is 0.292. The second-order valence-corrected chi connectivity index (χ2v) is 7.89. The molecule has 0 unspecified atom stereocenters. The molecule has 0 atom stereocenters. The van der Waals surface area contributed by atoms with E-state index < -0.39 is 9.84 Å². The molecule has 0 fully saturated rings. The van der Waals surface area contributed by atoms with Gasteiger partial charge in [0, 0.05) is 18.1 Å². The van der Waals surface area contributed by atoms with Gasteiger partial charge >= 0.3 is 0 Å². The molecule has 0 radical (unpaired) electrons. The van der Waals surface area contributed by atoms with Crippen LogP contribution in [0.2, 0.25) is 0 Å². The van der Waals surface area contributed by atoms with Gasteiger partial charge in [-0.25, -0.2) is 18.1 Å². The molecule has 0 saturated carbocycles. The molecular weight excluding hydrogens is 364 g/mol. The lowest BCUT2D eigenvalue weighted by Crippen LogP contribution is -2.18. The topological polar surface area (TPSA) is 109 Å². The molecule has 2 aromatic rings. The van der Waals surface area contributed by atoms with Crippen LogP contribution in [0.15, 0.2) is 58.4 Å². The Bertz CT molecular complexity index is 1130. The Kier molecular flexibility index (Phi) is 5.98. The van der Waals surface area contributed by atoms with Gasteiger partial charge in [0.1, 0.15) is 0 Å². The van der Waals surface area contributed by atoms with E-state index in [0.29, 0.717) is 34.6 Å². The predicted molar refractivity (Wildman–Crippen MR) is 104 cm³/mol. The van der Waals surface area contributed by atoms with E-state index in [1.807, 2.05) is 13.0 Å². The van der Waals surface area contributed by atoms with Crippen molar-refractivity contribution in [3.63, 3.8) is 0 Å². The van der Waals surface area contributed by atoms with Crippen LogP contribution in [0.5, 0.6) is 0 Å². The van der Waals surface area contributed by atoms with Crippen LogP contribution in [0.25, 0.3) is 11.4 Å². The van der Waals surface area contributed by atoms with Gasteiger partial charge in [0.15, 0.2) is 15.7 Å². The van der Waals surface area contributed by atoms with Crippen molar-refractivity contribution in [1.82, 2.24) is 14.8 Å². The molecule has 0 aliphatic rings. The van der Waals surface area contributed by atoms with Crippen LogP contribution in [-0.4, -0.2) is 29.4 Å². The lowest BCUT2D eigenvalue weighted by molar-refractivity contribution is 0.601. The lowest BCUT2D eigenvalue weighted by Gasteiger charge is -2.02. The molecule has 0 amide bonds. The molecule has 2 rings (SSSR count). The zero-order valence-electron chi connectivity index (χ0n) is 15.4. The second kappa shape index (κ2) is 8.01. The molecule has 8 heteroatoms. The quantitative estimate of drug-likeness (QED) is 0.608. The molecule has 1 N–H and O–H groups in total. The largest absolute Gasteiger partial charge is 0.293 e. The van der Waals surface area contributed by atoms with Crippen LogP contribution in [0.1, 0.15) is 25.1 Å². The van der Waals surface area contributed by atoms with Gasteiger partial charge in [0.05, 0.1) is 22.1 Å². The smallest absolute Gasteiger partial charge is 0.280 e. The van der Waals surface area contributed by atoms with Crippen molar-refractivity contribution in [2.45, 2.75) is 25.2 Å². The van der Waals surface area contributed by atoms with E-state index in [0.717, 1.165) is 6.26 Å². The summed E-state index contributed by atoms with van der Waals surface area (Å²) in [6, 6.07) is 4.88. The number of aromatic nitrogens is 3. The number of hydrogen-bond acceptors (Lipinski definition) is 5. The molecule has 7 nitrogen and oxygen atoms in total. The molecule has 0 bridgehead atoms. The summed E-state index contributed by atoms with van der Waals surface area (Å²) in [7, 11) is -3.36. The van der Waals surface area contributed by atoms with E-state index in [2.05, 4.69) is 16.7 Å². The van der Waals surface area contributed by atoms with Crippen molar-refractivity contribution < 1.29 is 8.42 Å². The average Bonchev–Trinajstić information content (AvgIpc) is 2.98. The number of hydrogen-bond donors (Lipinski definition) is 1. The summed E-state index contributed by atoms with van der Waals surface area (Å²) in [6.45, 7) is 7.25. The Morgan fingerprint density at radius 3 is 2.59 bits per heavy atom. The number of rotatable bonds is 6. The van der Waals surface area contributed by atoms with Crippen LogP contribution < -0.4 is 5.56 Å². The summed E-state index contributed by atoms with van der Waals surface area (Å²) in [4.78, 5) is 17.1. The third kappa shape index (κ3) is 4.33. The van der Waals surface area contributed by atoms with E-state index in [1.165, 1.54) is 29.1 Å². The van der Waals surface area contributed by atoms with Crippen LogP contribution in [-0.2, 0) is 16.3 Å². The molecule has 2 heterocycles. The van der Waals surface area contributed by atoms with E-state index in [4.69, 9.17) is 5.26 Å². The summed E-state index contributed by atoms with van der Waals surface area (Å²) in [6.07, 6.45) is 7.62. The number of nitrogens with zero attached hydrogens (tertiary/aromatic N) is 3. The van der Waals surface area contributed by atoms with Gasteiger partial charge in [-0.2, -0.15) is 5.26 Å². The maximum Gasteiger partial charge on any atom is 0.280 e. The first-order valence-electron chi connectivity index (χ1n) is 8.14. The highest BCUT2D eigenvalue weighted by molar-refractivity contribution is 7.90. The highest BCUT2D eigenvalue weighted by Crippen LogP contribution is 2.17. The fraction of sp³-hybridized carbons (Fsp3) is 0.211. The number of aromatic amines is 1. The van der Waals surface area contributed by atoms with Gasteiger partial charge in [-0.05, 0) is 37.1 Å². The van der Waals surface area contributed by atoms with Crippen molar-refractivity contribution in [1.29, 1.82) is 5.26 Å². The normalized spacial score (nSPS) is 12.7. The minimum atomic E-state index is -3.36. The van der Waals surface area contributed by atoms with Crippen LogP contribution >= 0.6 is 0 Å². The van der Waals surface area contributed by atoms with Gasteiger partial charge in [-0.3, -0.25) is 9.89 Å². The standard InChI is InChI=1S/C19H20N4O3S/c1-5-14(11-20)8-7-13(3)18-16(6-2)22-23(19(18)24)17-10-9-15(12-21-17)27(4,25)26/h5,7-10,12,22H,1,6H2,2-4H3/b13-7+,14-8+.